The van der Waals surface area contributed by atoms with E-state index in [1.165, 1.54) is 0 Å². The minimum absolute atomic E-state index is 0.360. The fourth-order valence-electron chi connectivity index (χ4n) is 2.42. The summed E-state index contributed by atoms with van der Waals surface area (Å²) in [5.74, 6) is 0.360. The van der Waals surface area contributed by atoms with E-state index in [1.54, 1.807) is 13.2 Å². The van der Waals surface area contributed by atoms with Crippen LogP contribution in [0.15, 0.2) is 18.2 Å². The molecule has 1 saturated carbocycles. The summed E-state index contributed by atoms with van der Waals surface area (Å²) in [6.45, 7) is 1.92. The third kappa shape index (κ3) is 3.13. The fraction of sp³-hybridized carbons (Fsp3) is 0.571. The minimum atomic E-state index is 0.360. The van der Waals surface area contributed by atoms with Crippen molar-refractivity contribution < 1.29 is 9.84 Å². The maximum absolute atomic E-state index is 9.47. The van der Waals surface area contributed by atoms with Crippen molar-refractivity contribution in [3.8, 4) is 5.75 Å². The van der Waals surface area contributed by atoms with E-state index in [1.807, 2.05) is 19.1 Å². The number of phenols is 1. The Balaban J connectivity index is 1.91. The highest BCUT2D eigenvalue weighted by Gasteiger charge is 2.20. The van der Waals surface area contributed by atoms with Gasteiger partial charge < -0.3 is 15.2 Å². The predicted molar refractivity (Wildman–Crippen MR) is 69.5 cm³/mol. The van der Waals surface area contributed by atoms with Gasteiger partial charge in [-0.2, -0.15) is 0 Å². The van der Waals surface area contributed by atoms with Gasteiger partial charge in [-0.25, -0.2) is 0 Å². The first-order valence-electron chi connectivity index (χ1n) is 6.28. The van der Waals surface area contributed by atoms with Gasteiger partial charge in [0, 0.05) is 18.8 Å². The van der Waals surface area contributed by atoms with Crippen LogP contribution in [0.1, 0.15) is 31.2 Å². The maximum atomic E-state index is 9.47. The van der Waals surface area contributed by atoms with Gasteiger partial charge in [0.15, 0.2) is 0 Å². The molecule has 0 amide bonds. The first-order chi connectivity index (χ1) is 8.19. The Hall–Kier alpha value is -1.22. The van der Waals surface area contributed by atoms with Gasteiger partial charge in [0.05, 0.1) is 6.10 Å². The van der Waals surface area contributed by atoms with Crippen LogP contribution in [-0.2, 0) is 4.74 Å². The number of nitrogens with one attached hydrogen (secondary N) is 1. The lowest BCUT2D eigenvalue weighted by Gasteiger charge is -2.29. The average molecular weight is 235 g/mol. The molecule has 3 nitrogen and oxygen atoms in total. The van der Waals surface area contributed by atoms with Crippen LogP contribution in [0, 0.1) is 6.92 Å². The first kappa shape index (κ1) is 12.2. The van der Waals surface area contributed by atoms with Crippen molar-refractivity contribution in [3.63, 3.8) is 0 Å². The Morgan fingerprint density at radius 1 is 1.24 bits per heavy atom. The molecular formula is C14H21NO2. The smallest absolute Gasteiger partial charge is 0.118 e. The molecule has 0 bridgehead atoms. The summed E-state index contributed by atoms with van der Waals surface area (Å²) in [6.07, 6.45) is 5.00. The van der Waals surface area contributed by atoms with Gasteiger partial charge >= 0.3 is 0 Å². The molecule has 2 rings (SSSR count). The minimum Gasteiger partial charge on any atom is -0.508 e. The summed E-state index contributed by atoms with van der Waals surface area (Å²) in [4.78, 5) is 0. The Labute approximate surface area is 103 Å². The van der Waals surface area contributed by atoms with Gasteiger partial charge in [0.2, 0.25) is 0 Å². The van der Waals surface area contributed by atoms with Gasteiger partial charge in [-0.1, -0.05) is 0 Å². The van der Waals surface area contributed by atoms with E-state index in [0.29, 0.717) is 17.9 Å². The molecule has 0 radical (unpaired) electrons. The molecule has 0 aromatic heterocycles. The van der Waals surface area contributed by atoms with Crippen molar-refractivity contribution in [2.45, 2.75) is 44.8 Å². The Morgan fingerprint density at radius 2 is 1.94 bits per heavy atom. The van der Waals surface area contributed by atoms with E-state index in [-0.39, 0.29) is 0 Å². The number of benzene rings is 1. The molecule has 0 aliphatic heterocycles. The number of rotatable bonds is 3. The van der Waals surface area contributed by atoms with E-state index in [9.17, 15) is 5.11 Å². The van der Waals surface area contributed by atoms with E-state index in [2.05, 4.69) is 5.32 Å². The Bertz CT molecular complexity index is 370. The third-order valence-corrected chi connectivity index (χ3v) is 3.58. The lowest BCUT2D eigenvalue weighted by atomic mass is 9.93. The molecular weight excluding hydrogens is 214 g/mol. The highest BCUT2D eigenvalue weighted by atomic mass is 16.5. The summed E-state index contributed by atoms with van der Waals surface area (Å²) < 4.78 is 5.36. The third-order valence-electron chi connectivity index (χ3n) is 3.58. The van der Waals surface area contributed by atoms with Crippen LogP contribution in [0.3, 0.4) is 0 Å². The summed E-state index contributed by atoms with van der Waals surface area (Å²) in [5.41, 5.74) is 2.02. The topological polar surface area (TPSA) is 41.5 Å². The summed E-state index contributed by atoms with van der Waals surface area (Å²) in [7, 11) is 1.79. The number of ether oxygens (including phenoxy) is 1. The molecule has 94 valence electrons. The van der Waals surface area contributed by atoms with Crippen molar-refractivity contribution in [1.82, 2.24) is 0 Å². The van der Waals surface area contributed by atoms with E-state index >= 15 is 0 Å². The zero-order chi connectivity index (χ0) is 12.3. The Morgan fingerprint density at radius 3 is 2.53 bits per heavy atom. The van der Waals surface area contributed by atoms with Crippen LogP contribution in [0.5, 0.6) is 5.75 Å². The monoisotopic (exact) mass is 235 g/mol. The van der Waals surface area contributed by atoms with Gasteiger partial charge in [-0.05, 0) is 56.4 Å². The number of anilines is 1. The van der Waals surface area contributed by atoms with Crippen molar-refractivity contribution in [3.05, 3.63) is 23.8 Å². The number of hydrogen-bond donors (Lipinski definition) is 2. The van der Waals surface area contributed by atoms with E-state index < -0.39 is 0 Å². The number of methoxy groups -OCH3 is 1. The molecule has 1 aromatic carbocycles. The molecule has 1 aliphatic rings. The SMILES string of the molecule is COC1CCC(Nc2ccc(O)c(C)c2)CC1. The molecule has 0 unspecified atom stereocenters. The summed E-state index contributed by atoms with van der Waals surface area (Å²) in [5, 5.41) is 13.0. The number of hydrogen-bond acceptors (Lipinski definition) is 3. The standard InChI is InChI=1S/C14H21NO2/c1-10-9-12(5-8-14(10)16)15-11-3-6-13(17-2)7-4-11/h5,8-9,11,13,15-16H,3-4,6-7H2,1-2H3. The Kier molecular flexibility index (Phi) is 3.89. The highest BCUT2D eigenvalue weighted by Crippen LogP contribution is 2.26. The molecule has 0 saturated heterocycles. The van der Waals surface area contributed by atoms with Crippen molar-refractivity contribution in [2.24, 2.45) is 0 Å². The molecule has 1 fully saturated rings. The predicted octanol–water partition coefficient (Wildman–Crippen LogP) is 3.07. The molecule has 2 N–H and O–H groups in total. The van der Waals surface area contributed by atoms with Crippen LogP contribution >= 0.6 is 0 Å². The van der Waals surface area contributed by atoms with Gasteiger partial charge in [0.25, 0.3) is 0 Å². The van der Waals surface area contributed by atoms with Crippen molar-refractivity contribution in [1.29, 1.82) is 0 Å². The van der Waals surface area contributed by atoms with Crippen LogP contribution in [0.4, 0.5) is 5.69 Å². The fourth-order valence-corrected chi connectivity index (χ4v) is 2.42. The van der Waals surface area contributed by atoms with Crippen molar-refractivity contribution in [2.75, 3.05) is 12.4 Å². The lowest BCUT2D eigenvalue weighted by molar-refractivity contribution is 0.0682. The van der Waals surface area contributed by atoms with Gasteiger partial charge in [-0.15, -0.1) is 0 Å². The van der Waals surface area contributed by atoms with Crippen LogP contribution in [-0.4, -0.2) is 24.4 Å². The van der Waals surface area contributed by atoms with Gasteiger partial charge in [-0.3, -0.25) is 0 Å². The summed E-state index contributed by atoms with van der Waals surface area (Å²) >= 11 is 0. The molecule has 0 spiro atoms. The van der Waals surface area contributed by atoms with E-state index in [4.69, 9.17) is 4.74 Å². The first-order valence-corrected chi connectivity index (χ1v) is 6.28. The second kappa shape index (κ2) is 5.41. The molecule has 1 aromatic rings. The van der Waals surface area contributed by atoms with Crippen LogP contribution < -0.4 is 5.32 Å². The summed E-state index contributed by atoms with van der Waals surface area (Å²) in [6, 6.07) is 6.21. The lowest BCUT2D eigenvalue weighted by Crippen LogP contribution is -2.29. The van der Waals surface area contributed by atoms with E-state index in [0.717, 1.165) is 36.9 Å². The largest absolute Gasteiger partial charge is 0.508 e. The number of phenolic OH excluding ortho intramolecular Hbond substituents is 1. The zero-order valence-electron chi connectivity index (χ0n) is 10.6. The quantitative estimate of drug-likeness (QED) is 0.791. The average Bonchev–Trinajstić information content (AvgIpc) is 2.35. The van der Waals surface area contributed by atoms with Crippen LogP contribution in [0.2, 0.25) is 0 Å². The van der Waals surface area contributed by atoms with Gasteiger partial charge in [0.1, 0.15) is 5.75 Å². The maximum Gasteiger partial charge on any atom is 0.118 e. The normalized spacial score (nSPS) is 24.6. The highest BCUT2D eigenvalue weighted by molar-refractivity contribution is 5.50. The van der Waals surface area contributed by atoms with Crippen LogP contribution in [0.25, 0.3) is 0 Å². The number of aryl methyl sites for hydroxylation is 1. The molecule has 0 heterocycles. The van der Waals surface area contributed by atoms with Crippen molar-refractivity contribution >= 4 is 5.69 Å². The molecule has 1 aliphatic carbocycles. The molecule has 0 atom stereocenters. The molecule has 17 heavy (non-hydrogen) atoms. The second-order valence-electron chi connectivity index (χ2n) is 4.85. The zero-order valence-corrected chi connectivity index (χ0v) is 10.6. The molecule has 3 heteroatoms. The second-order valence-corrected chi connectivity index (χ2v) is 4.85. The number of aromatic hydroxyl groups is 1.